The standard InChI is InChI=1S/C26H26N4O3/c1-2-3-15-29-26(32)30-23-10-6-9-22(24(23)28)25(31)33-17-18-11-13-19(14-12-18)21-8-5-4-7-20(21)16-27/h4-14H,2-3,15,17,28H2,1H3,(H2,29,30,32). The molecule has 0 spiro atoms. The van der Waals surface area contributed by atoms with Crippen molar-refractivity contribution in [2.75, 3.05) is 17.6 Å². The number of rotatable bonds is 8. The van der Waals surface area contributed by atoms with Gasteiger partial charge in [0.05, 0.1) is 28.6 Å². The number of unbranched alkanes of at least 4 members (excludes halogenated alkanes) is 1. The van der Waals surface area contributed by atoms with Gasteiger partial charge < -0.3 is 21.1 Å². The Labute approximate surface area is 193 Å². The van der Waals surface area contributed by atoms with Crippen LogP contribution in [0.15, 0.2) is 66.7 Å². The fourth-order valence-corrected chi connectivity index (χ4v) is 3.24. The molecule has 0 aromatic heterocycles. The Morgan fingerprint density at radius 2 is 1.79 bits per heavy atom. The van der Waals surface area contributed by atoms with Gasteiger partial charge in [-0.25, -0.2) is 9.59 Å². The third-order valence-electron chi connectivity index (χ3n) is 5.07. The SMILES string of the molecule is CCCCNC(=O)Nc1cccc(C(=O)OCc2ccc(-c3ccccc3C#N)cc2)c1N. The van der Waals surface area contributed by atoms with E-state index in [-0.39, 0.29) is 23.9 Å². The molecular formula is C26H26N4O3. The number of nitrogens with zero attached hydrogens (tertiary/aromatic N) is 1. The van der Waals surface area contributed by atoms with Gasteiger partial charge in [-0.1, -0.05) is 61.9 Å². The first-order chi connectivity index (χ1) is 16.0. The van der Waals surface area contributed by atoms with Crippen LogP contribution >= 0.6 is 0 Å². The third kappa shape index (κ3) is 6.11. The number of amides is 2. The molecule has 3 rings (SSSR count). The van der Waals surface area contributed by atoms with Gasteiger partial charge >= 0.3 is 12.0 Å². The lowest BCUT2D eigenvalue weighted by Crippen LogP contribution is -2.30. The van der Waals surface area contributed by atoms with Crippen LogP contribution in [0.25, 0.3) is 11.1 Å². The molecule has 0 heterocycles. The summed E-state index contributed by atoms with van der Waals surface area (Å²) in [6.45, 7) is 2.66. The maximum atomic E-state index is 12.6. The Hall–Kier alpha value is -4.31. The van der Waals surface area contributed by atoms with Gasteiger partial charge in [-0.05, 0) is 41.3 Å². The van der Waals surface area contributed by atoms with Crippen LogP contribution < -0.4 is 16.4 Å². The van der Waals surface area contributed by atoms with Crippen molar-refractivity contribution in [3.05, 3.63) is 83.4 Å². The maximum absolute atomic E-state index is 12.6. The van der Waals surface area contributed by atoms with E-state index in [9.17, 15) is 14.9 Å². The molecule has 7 nitrogen and oxygen atoms in total. The van der Waals surface area contributed by atoms with E-state index in [0.29, 0.717) is 17.8 Å². The van der Waals surface area contributed by atoms with Crippen LogP contribution in [0, 0.1) is 11.3 Å². The Morgan fingerprint density at radius 3 is 2.52 bits per heavy atom. The molecule has 33 heavy (non-hydrogen) atoms. The number of para-hydroxylation sites is 1. The van der Waals surface area contributed by atoms with E-state index in [1.54, 1.807) is 24.3 Å². The van der Waals surface area contributed by atoms with Crippen LogP contribution in [0.1, 0.15) is 41.3 Å². The molecule has 3 aromatic rings. The fraction of sp³-hybridized carbons (Fsp3) is 0.192. The molecule has 0 aliphatic rings. The van der Waals surface area contributed by atoms with Crippen LogP contribution in [0.5, 0.6) is 0 Å². The van der Waals surface area contributed by atoms with Crippen molar-refractivity contribution < 1.29 is 14.3 Å². The first-order valence-electron chi connectivity index (χ1n) is 10.7. The number of nitrogens with one attached hydrogen (secondary N) is 2. The van der Waals surface area contributed by atoms with E-state index < -0.39 is 5.97 Å². The second-order valence-corrected chi connectivity index (χ2v) is 7.43. The van der Waals surface area contributed by atoms with E-state index in [2.05, 4.69) is 16.7 Å². The highest BCUT2D eigenvalue weighted by Gasteiger charge is 2.15. The molecule has 0 atom stereocenters. The maximum Gasteiger partial charge on any atom is 0.340 e. The van der Waals surface area contributed by atoms with Crippen molar-refractivity contribution in [3.63, 3.8) is 0 Å². The van der Waals surface area contributed by atoms with E-state index in [0.717, 1.165) is 29.5 Å². The number of nitrogens with two attached hydrogens (primary N) is 1. The topological polar surface area (TPSA) is 117 Å². The summed E-state index contributed by atoms with van der Waals surface area (Å²) in [6.07, 6.45) is 1.85. The van der Waals surface area contributed by atoms with Crippen LogP contribution in [0.4, 0.5) is 16.2 Å². The first kappa shape index (κ1) is 23.4. The molecule has 0 radical (unpaired) electrons. The monoisotopic (exact) mass is 442 g/mol. The number of nitrogen functional groups attached to an aromatic ring is 1. The molecule has 0 saturated carbocycles. The number of anilines is 2. The van der Waals surface area contributed by atoms with Gasteiger partial charge in [0.15, 0.2) is 0 Å². The molecule has 0 saturated heterocycles. The van der Waals surface area contributed by atoms with Gasteiger partial charge in [0.25, 0.3) is 0 Å². The van der Waals surface area contributed by atoms with Gasteiger partial charge in [-0.15, -0.1) is 0 Å². The fourth-order valence-electron chi connectivity index (χ4n) is 3.24. The minimum atomic E-state index is -0.582. The molecule has 7 heteroatoms. The highest BCUT2D eigenvalue weighted by Crippen LogP contribution is 2.25. The number of urea groups is 1. The van der Waals surface area contributed by atoms with Gasteiger partial charge in [0, 0.05) is 6.54 Å². The Balaban J connectivity index is 1.63. The summed E-state index contributed by atoms with van der Waals surface area (Å²) in [7, 11) is 0. The minimum Gasteiger partial charge on any atom is -0.457 e. The number of nitriles is 1. The molecule has 3 aromatic carbocycles. The number of ether oxygens (including phenoxy) is 1. The lowest BCUT2D eigenvalue weighted by Gasteiger charge is -2.13. The van der Waals surface area contributed by atoms with Gasteiger partial charge in [-0.3, -0.25) is 0 Å². The summed E-state index contributed by atoms with van der Waals surface area (Å²) < 4.78 is 5.43. The molecule has 0 aliphatic heterocycles. The predicted molar refractivity (Wildman–Crippen MR) is 128 cm³/mol. The second kappa shape index (κ2) is 11.3. The third-order valence-corrected chi connectivity index (χ3v) is 5.07. The first-order valence-corrected chi connectivity index (χ1v) is 10.7. The Morgan fingerprint density at radius 1 is 1.03 bits per heavy atom. The molecule has 0 aliphatic carbocycles. The number of hydrogen-bond donors (Lipinski definition) is 3. The van der Waals surface area contributed by atoms with E-state index in [1.807, 2.05) is 49.4 Å². The van der Waals surface area contributed by atoms with Gasteiger partial charge in [0.2, 0.25) is 0 Å². The summed E-state index contributed by atoms with van der Waals surface area (Å²) >= 11 is 0. The number of carbonyl (C=O) groups is 2. The zero-order valence-corrected chi connectivity index (χ0v) is 18.4. The quantitative estimate of drug-likeness (QED) is 0.255. The van der Waals surface area contributed by atoms with Crippen LogP contribution in [-0.4, -0.2) is 18.5 Å². The predicted octanol–water partition coefficient (Wildman–Crippen LogP) is 5.09. The number of carbonyl (C=O) groups excluding carboxylic acids is 2. The van der Waals surface area contributed by atoms with Gasteiger partial charge in [-0.2, -0.15) is 5.26 Å². The normalized spacial score (nSPS) is 10.2. The largest absolute Gasteiger partial charge is 0.457 e. The molecule has 168 valence electrons. The summed E-state index contributed by atoms with van der Waals surface area (Å²) in [6, 6.07) is 21.5. The smallest absolute Gasteiger partial charge is 0.340 e. The number of esters is 1. The molecule has 4 N–H and O–H groups in total. The van der Waals surface area contributed by atoms with Gasteiger partial charge in [0.1, 0.15) is 6.61 Å². The molecule has 2 amide bonds. The Kier molecular flexibility index (Phi) is 8.03. The zero-order valence-electron chi connectivity index (χ0n) is 18.4. The lowest BCUT2D eigenvalue weighted by molar-refractivity contribution is 0.0474. The number of hydrogen-bond acceptors (Lipinski definition) is 5. The summed E-state index contributed by atoms with van der Waals surface area (Å²) in [4.78, 5) is 24.6. The second-order valence-electron chi connectivity index (χ2n) is 7.43. The van der Waals surface area contributed by atoms with Crippen molar-refractivity contribution >= 4 is 23.4 Å². The van der Waals surface area contributed by atoms with Crippen molar-refractivity contribution in [2.45, 2.75) is 26.4 Å². The highest BCUT2D eigenvalue weighted by atomic mass is 16.5. The van der Waals surface area contributed by atoms with Crippen molar-refractivity contribution in [1.82, 2.24) is 5.32 Å². The lowest BCUT2D eigenvalue weighted by atomic mass is 9.99. The number of benzene rings is 3. The molecule has 0 unspecified atom stereocenters. The average Bonchev–Trinajstić information content (AvgIpc) is 2.84. The van der Waals surface area contributed by atoms with E-state index in [4.69, 9.17) is 10.5 Å². The minimum absolute atomic E-state index is 0.0631. The molecular weight excluding hydrogens is 416 g/mol. The summed E-state index contributed by atoms with van der Waals surface area (Å²) in [5.41, 5.74) is 9.92. The average molecular weight is 443 g/mol. The Bertz CT molecular complexity index is 1170. The zero-order chi connectivity index (χ0) is 23.6. The van der Waals surface area contributed by atoms with E-state index >= 15 is 0 Å². The van der Waals surface area contributed by atoms with Crippen molar-refractivity contribution in [2.24, 2.45) is 0 Å². The summed E-state index contributed by atoms with van der Waals surface area (Å²) in [5.74, 6) is -0.582. The highest BCUT2D eigenvalue weighted by molar-refractivity contribution is 6.01. The van der Waals surface area contributed by atoms with E-state index in [1.165, 1.54) is 0 Å². The van der Waals surface area contributed by atoms with Crippen molar-refractivity contribution in [1.29, 1.82) is 5.26 Å². The van der Waals surface area contributed by atoms with Crippen LogP contribution in [0.2, 0.25) is 0 Å². The summed E-state index contributed by atoms with van der Waals surface area (Å²) in [5, 5.41) is 14.7. The molecule has 0 bridgehead atoms. The van der Waals surface area contributed by atoms with Crippen molar-refractivity contribution in [3.8, 4) is 17.2 Å². The van der Waals surface area contributed by atoms with Crippen LogP contribution in [0.3, 0.4) is 0 Å². The van der Waals surface area contributed by atoms with Crippen LogP contribution in [-0.2, 0) is 11.3 Å². The molecule has 0 fully saturated rings.